The number of hydrogen-bond donors (Lipinski definition) is 3. The van der Waals surface area contributed by atoms with E-state index in [4.69, 9.17) is 15.0 Å². The monoisotopic (exact) mass is 320 g/mol. The van der Waals surface area contributed by atoms with Crippen molar-refractivity contribution in [3.8, 4) is 5.75 Å². The van der Waals surface area contributed by atoms with Gasteiger partial charge in [0, 0.05) is 11.6 Å². The van der Waals surface area contributed by atoms with Crippen LogP contribution in [0.15, 0.2) is 39.8 Å². The first-order chi connectivity index (χ1) is 9.74. The molecule has 0 atom stereocenters. The molecule has 11 heteroatoms. The van der Waals surface area contributed by atoms with Crippen LogP contribution >= 0.6 is 0 Å². The largest absolute Gasteiger partial charge is 0.496 e. The van der Waals surface area contributed by atoms with Gasteiger partial charge in [-0.2, -0.15) is 12.8 Å². The van der Waals surface area contributed by atoms with Crippen molar-refractivity contribution >= 4 is 15.8 Å². The second-order valence-electron chi connectivity index (χ2n) is 3.89. The summed E-state index contributed by atoms with van der Waals surface area (Å²) in [7, 11) is -3.25. The highest BCUT2D eigenvalue weighted by Gasteiger charge is 2.24. The van der Waals surface area contributed by atoms with Crippen molar-refractivity contribution in [2.75, 3.05) is 7.11 Å². The maximum atomic E-state index is 13.4. The molecule has 0 saturated heterocycles. The molecule has 114 valence electrons. The number of hydrazine groups is 1. The molecule has 1 aliphatic rings. The van der Waals surface area contributed by atoms with Crippen LogP contribution in [0.5, 0.6) is 5.75 Å². The Morgan fingerprint density at radius 2 is 2.14 bits per heavy atom. The smallest absolute Gasteiger partial charge is 0.294 e. The van der Waals surface area contributed by atoms with E-state index >= 15 is 0 Å². The minimum Gasteiger partial charge on any atom is -0.496 e. The molecule has 0 amide bonds. The Balaban J connectivity index is 2.60. The number of nitrogens with one attached hydrogen (secondary N) is 1. The van der Waals surface area contributed by atoms with Crippen molar-refractivity contribution in [3.05, 3.63) is 35.4 Å². The van der Waals surface area contributed by atoms with Crippen LogP contribution in [0.2, 0.25) is 0 Å². The van der Waals surface area contributed by atoms with Crippen LogP contribution < -0.4 is 15.9 Å². The molecule has 2 rings (SSSR count). The molecular formula is C10H10F2N4O4S. The van der Waals surface area contributed by atoms with Crippen LogP contribution in [0.25, 0.3) is 0 Å². The number of nitrogens with zero attached hydrogens (tertiary/aromatic N) is 2. The average Bonchev–Trinajstić information content (AvgIpc) is 2.41. The summed E-state index contributed by atoms with van der Waals surface area (Å²) in [5.41, 5.74) is 6.31. The van der Waals surface area contributed by atoms with E-state index < -0.39 is 32.0 Å². The van der Waals surface area contributed by atoms with E-state index in [1.54, 1.807) is 5.43 Å². The van der Waals surface area contributed by atoms with Gasteiger partial charge in [-0.05, 0) is 17.5 Å². The van der Waals surface area contributed by atoms with Gasteiger partial charge in [0.15, 0.2) is 0 Å². The number of ether oxygens (including phenoxy) is 1. The second kappa shape index (κ2) is 5.18. The molecule has 1 aromatic carbocycles. The Morgan fingerprint density at radius 1 is 1.48 bits per heavy atom. The first-order valence-electron chi connectivity index (χ1n) is 5.36. The van der Waals surface area contributed by atoms with Gasteiger partial charge in [-0.3, -0.25) is 4.55 Å². The Kier molecular flexibility index (Phi) is 3.70. The number of allylic oxidation sites excluding steroid dienone is 1. The Labute approximate surface area is 118 Å². The molecule has 0 aromatic heterocycles. The zero-order valence-electron chi connectivity index (χ0n) is 10.5. The summed E-state index contributed by atoms with van der Waals surface area (Å²) in [5.74, 6) is -1.25. The third-order valence-corrected chi connectivity index (χ3v) is 3.45. The maximum Gasteiger partial charge on any atom is 0.294 e. The van der Waals surface area contributed by atoms with Gasteiger partial charge in [0.25, 0.3) is 10.1 Å². The molecule has 0 radical (unpaired) electrons. The molecule has 21 heavy (non-hydrogen) atoms. The quantitative estimate of drug-likeness (QED) is 0.420. The molecule has 0 unspecified atom stereocenters. The van der Waals surface area contributed by atoms with Gasteiger partial charge in [-0.25, -0.2) is 5.43 Å². The fourth-order valence-electron chi connectivity index (χ4n) is 1.64. The van der Waals surface area contributed by atoms with Gasteiger partial charge in [0.05, 0.1) is 12.0 Å². The highest BCUT2D eigenvalue weighted by Crippen LogP contribution is 2.27. The predicted molar refractivity (Wildman–Crippen MR) is 67.7 cm³/mol. The summed E-state index contributed by atoms with van der Waals surface area (Å²) in [6.07, 6.45) is 0. The SMILES string of the molecule is COc1cc(S(=O)(=O)O)ccc1C1=NN(F)NC(F)=C1N. The Hall–Kier alpha value is -2.40. The summed E-state index contributed by atoms with van der Waals surface area (Å²) in [6.45, 7) is 0. The summed E-state index contributed by atoms with van der Waals surface area (Å²) in [5, 5.41) is 2.95. The molecule has 1 aromatic rings. The minimum atomic E-state index is -4.45. The van der Waals surface area contributed by atoms with Crippen molar-refractivity contribution in [2.45, 2.75) is 4.90 Å². The molecule has 1 heterocycles. The van der Waals surface area contributed by atoms with E-state index in [2.05, 4.69) is 5.10 Å². The van der Waals surface area contributed by atoms with Crippen molar-refractivity contribution in [1.29, 1.82) is 0 Å². The Bertz CT molecular complexity index is 747. The van der Waals surface area contributed by atoms with E-state index in [-0.39, 0.29) is 17.0 Å². The predicted octanol–water partition coefficient (Wildman–Crippen LogP) is 0.448. The molecule has 1 aliphatic heterocycles. The van der Waals surface area contributed by atoms with Gasteiger partial charge in [-0.15, -0.1) is 5.10 Å². The number of benzene rings is 1. The van der Waals surface area contributed by atoms with E-state index in [1.807, 2.05) is 0 Å². The topological polar surface area (TPSA) is 117 Å². The van der Waals surface area contributed by atoms with Crippen molar-refractivity contribution in [1.82, 2.24) is 10.8 Å². The molecule has 0 fully saturated rings. The molecule has 4 N–H and O–H groups in total. The average molecular weight is 320 g/mol. The number of hydrogen-bond acceptors (Lipinski definition) is 7. The third kappa shape index (κ3) is 2.87. The highest BCUT2D eigenvalue weighted by molar-refractivity contribution is 7.85. The summed E-state index contributed by atoms with van der Waals surface area (Å²) in [4.78, 5) is -0.447. The fraction of sp³-hybridized carbons (Fsp3) is 0.100. The maximum absolute atomic E-state index is 13.4. The highest BCUT2D eigenvalue weighted by atomic mass is 32.2. The number of rotatable bonds is 3. The lowest BCUT2D eigenvalue weighted by Crippen LogP contribution is -2.35. The normalized spacial score (nSPS) is 15.6. The zero-order chi connectivity index (χ0) is 15.8. The molecule has 8 nitrogen and oxygen atoms in total. The third-order valence-electron chi connectivity index (χ3n) is 2.60. The van der Waals surface area contributed by atoms with E-state index in [1.165, 1.54) is 7.11 Å². The standard InChI is InChI=1S/C10H10F2N4O4S/c1-20-7-4-5(21(17,18)19)2-3-6(7)9-8(13)10(11)15-16(12)14-9/h2-4,15H,13H2,1H3,(H,17,18,19). The van der Waals surface area contributed by atoms with Crippen molar-refractivity contribution in [2.24, 2.45) is 10.8 Å². The van der Waals surface area contributed by atoms with E-state index in [0.717, 1.165) is 18.2 Å². The van der Waals surface area contributed by atoms with Gasteiger partial charge < -0.3 is 10.5 Å². The molecular weight excluding hydrogens is 310 g/mol. The molecule has 0 saturated carbocycles. The van der Waals surface area contributed by atoms with Crippen LogP contribution in [-0.4, -0.2) is 31.1 Å². The Morgan fingerprint density at radius 3 is 2.71 bits per heavy atom. The number of hydrazone groups is 1. The van der Waals surface area contributed by atoms with Crippen LogP contribution in [-0.2, 0) is 10.1 Å². The summed E-state index contributed by atoms with van der Waals surface area (Å²) in [6, 6.07) is 3.15. The first kappa shape index (κ1) is 15.0. The van der Waals surface area contributed by atoms with Gasteiger partial charge in [0.2, 0.25) is 5.95 Å². The van der Waals surface area contributed by atoms with Crippen LogP contribution in [0.1, 0.15) is 5.56 Å². The number of halogens is 2. The lowest BCUT2D eigenvalue weighted by atomic mass is 10.1. The van der Waals surface area contributed by atoms with Gasteiger partial charge >= 0.3 is 0 Å². The zero-order valence-corrected chi connectivity index (χ0v) is 11.4. The van der Waals surface area contributed by atoms with Crippen LogP contribution in [0.3, 0.4) is 0 Å². The molecule has 0 aliphatic carbocycles. The van der Waals surface area contributed by atoms with Gasteiger partial charge in [-0.1, -0.05) is 4.48 Å². The fourth-order valence-corrected chi connectivity index (χ4v) is 2.13. The molecule has 0 bridgehead atoms. The van der Waals surface area contributed by atoms with Crippen molar-refractivity contribution in [3.63, 3.8) is 0 Å². The minimum absolute atomic E-state index is 0.0432. The van der Waals surface area contributed by atoms with Crippen molar-refractivity contribution < 1.29 is 26.6 Å². The van der Waals surface area contributed by atoms with E-state index in [0.29, 0.717) is 0 Å². The first-order valence-corrected chi connectivity index (χ1v) is 6.80. The van der Waals surface area contributed by atoms with Crippen LogP contribution in [0.4, 0.5) is 8.87 Å². The number of methoxy groups -OCH3 is 1. The number of nitrogens with two attached hydrogens (primary N) is 1. The van der Waals surface area contributed by atoms with E-state index in [9.17, 15) is 17.3 Å². The van der Waals surface area contributed by atoms with Gasteiger partial charge in [0.1, 0.15) is 17.2 Å². The summed E-state index contributed by atoms with van der Waals surface area (Å²) >= 11 is 0. The lowest BCUT2D eigenvalue weighted by molar-refractivity contribution is -0.0283. The second-order valence-corrected chi connectivity index (χ2v) is 5.31. The summed E-state index contributed by atoms with van der Waals surface area (Å²) < 4.78 is 62.5. The van der Waals surface area contributed by atoms with Crippen LogP contribution in [0, 0.1) is 0 Å². The lowest BCUT2D eigenvalue weighted by Gasteiger charge is -2.20. The molecule has 0 spiro atoms.